The van der Waals surface area contributed by atoms with E-state index in [1.807, 2.05) is 0 Å². The van der Waals surface area contributed by atoms with Crippen LogP contribution < -0.4 is 0 Å². The van der Waals surface area contributed by atoms with Crippen LogP contribution in [0, 0.1) is 0 Å². The lowest BCUT2D eigenvalue weighted by Gasteiger charge is -1.98. The summed E-state index contributed by atoms with van der Waals surface area (Å²) in [4.78, 5) is 15.7. The predicted octanol–water partition coefficient (Wildman–Crippen LogP) is 3.26. The molecule has 0 atom stereocenters. The fourth-order valence-electron chi connectivity index (χ4n) is 1.42. The number of phenolic OH excluding ortho intramolecular Hbond substituents is 1. The maximum atomic E-state index is 11.8. The van der Waals surface area contributed by atoms with E-state index in [0.717, 1.165) is 5.56 Å². The van der Waals surface area contributed by atoms with Gasteiger partial charge in [0.15, 0.2) is 5.78 Å². The molecule has 0 fully saturated rings. The summed E-state index contributed by atoms with van der Waals surface area (Å²) in [7, 11) is 0. The van der Waals surface area contributed by atoms with Crippen molar-refractivity contribution in [3.8, 4) is 5.75 Å². The van der Waals surface area contributed by atoms with Crippen LogP contribution in [0.25, 0.3) is 6.08 Å². The van der Waals surface area contributed by atoms with Gasteiger partial charge in [0.05, 0.1) is 5.56 Å². The summed E-state index contributed by atoms with van der Waals surface area (Å²) in [6, 6.07) is 10.1. The first-order valence-corrected chi connectivity index (χ1v) is 5.18. The smallest absolute Gasteiger partial charge is 0.189 e. The molecular formula is C14H12BrNO2. The average Bonchev–Trinajstić information content (AvgIpc) is 2.38. The highest BCUT2D eigenvalue weighted by molar-refractivity contribution is 8.93. The number of phenols is 1. The van der Waals surface area contributed by atoms with Crippen LogP contribution >= 0.6 is 17.0 Å². The minimum atomic E-state index is -0.222. The van der Waals surface area contributed by atoms with E-state index in [1.165, 1.54) is 12.1 Å². The number of benzene rings is 1. The van der Waals surface area contributed by atoms with Gasteiger partial charge >= 0.3 is 0 Å². The van der Waals surface area contributed by atoms with Gasteiger partial charge in [-0.25, -0.2) is 0 Å². The van der Waals surface area contributed by atoms with Gasteiger partial charge in [-0.05, 0) is 35.9 Å². The number of carbonyl (C=O) groups excluding carboxylic acids is 1. The quantitative estimate of drug-likeness (QED) is 0.699. The Morgan fingerprint density at radius 3 is 2.44 bits per heavy atom. The summed E-state index contributed by atoms with van der Waals surface area (Å²) < 4.78 is 0. The Morgan fingerprint density at radius 1 is 1.11 bits per heavy atom. The summed E-state index contributed by atoms with van der Waals surface area (Å²) in [5.74, 6) is -0.225. The highest BCUT2D eigenvalue weighted by Crippen LogP contribution is 2.16. The van der Waals surface area contributed by atoms with Gasteiger partial charge in [0, 0.05) is 12.4 Å². The summed E-state index contributed by atoms with van der Waals surface area (Å²) in [6.45, 7) is 0. The van der Waals surface area contributed by atoms with Crippen molar-refractivity contribution < 1.29 is 9.90 Å². The second kappa shape index (κ2) is 6.71. The number of aromatic hydroxyl groups is 1. The normalized spacial score (nSPS) is 10.0. The number of rotatable bonds is 3. The molecule has 1 N–H and O–H groups in total. The third kappa shape index (κ3) is 3.53. The van der Waals surface area contributed by atoms with Crippen LogP contribution in [0.4, 0.5) is 0 Å². The molecule has 0 spiro atoms. The number of ketones is 1. The third-order valence-electron chi connectivity index (χ3n) is 2.30. The van der Waals surface area contributed by atoms with Crippen molar-refractivity contribution in [1.29, 1.82) is 0 Å². The second-order valence-electron chi connectivity index (χ2n) is 3.50. The zero-order chi connectivity index (χ0) is 12.1. The van der Waals surface area contributed by atoms with Crippen LogP contribution in [-0.2, 0) is 0 Å². The van der Waals surface area contributed by atoms with Crippen LogP contribution in [0.15, 0.2) is 54.9 Å². The van der Waals surface area contributed by atoms with Gasteiger partial charge in [0.1, 0.15) is 5.75 Å². The van der Waals surface area contributed by atoms with Crippen molar-refractivity contribution in [3.63, 3.8) is 0 Å². The van der Waals surface area contributed by atoms with Gasteiger partial charge in [0.25, 0.3) is 0 Å². The Labute approximate surface area is 116 Å². The molecule has 1 aromatic carbocycles. The molecular weight excluding hydrogens is 294 g/mol. The lowest BCUT2D eigenvalue weighted by molar-refractivity contribution is 0.104. The molecule has 4 heteroatoms. The topological polar surface area (TPSA) is 50.2 Å². The first-order valence-electron chi connectivity index (χ1n) is 5.18. The van der Waals surface area contributed by atoms with E-state index in [1.54, 1.807) is 48.8 Å². The number of pyridine rings is 1. The number of aromatic nitrogens is 1. The number of carbonyl (C=O) groups is 1. The largest absolute Gasteiger partial charge is 0.507 e. The van der Waals surface area contributed by atoms with E-state index in [9.17, 15) is 9.90 Å². The molecule has 0 saturated carbocycles. The molecule has 0 aliphatic carbocycles. The zero-order valence-electron chi connectivity index (χ0n) is 9.48. The molecule has 0 bridgehead atoms. The first kappa shape index (κ1) is 14.1. The summed E-state index contributed by atoms with van der Waals surface area (Å²) in [5.41, 5.74) is 1.20. The predicted molar refractivity (Wildman–Crippen MR) is 76.0 cm³/mol. The average molecular weight is 306 g/mol. The number of halogens is 1. The van der Waals surface area contributed by atoms with Gasteiger partial charge in [-0.3, -0.25) is 9.78 Å². The molecule has 0 amide bonds. The summed E-state index contributed by atoms with van der Waals surface area (Å²) >= 11 is 0. The van der Waals surface area contributed by atoms with E-state index in [4.69, 9.17) is 0 Å². The maximum absolute atomic E-state index is 11.8. The van der Waals surface area contributed by atoms with Crippen LogP contribution in [0.1, 0.15) is 15.9 Å². The maximum Gasteiger partial charge on any atom is 0.189 e. The van der Waals surface area contributed by atoms with Crippen LogP contribution in [0.3, 0.4) is 0 Å². The van der Waals surface area contributed by atoms with E-state index >= 15 is 0 Å². The standard InChI is InChI=1S/C14H11NO2.BrH/c16-13-4-2-1-3-12(13)14(17)6-5-11-7-9-15-10-8-11;/h1-10,16H;1H/b6-5+;. The van der Waals surface area contributed by atoms with Crippen molar-refractivity contribution in [2.24, 2.45) is 0 Å². The van der Waals surface area contributed by atoms with Crippen molar-refractivity contribution in [2.45, 2.75) is 0 Å². The van der Waals surface area contributed by atoms with E-state index in [0.29, 0.717) is 5.56 Å². The molecule has 2 rings (SSSR count). The van der Waals surface area contributed by atoms with Gasteiger partial charge in [-0.15, -0.1) is 17.0 Å². The van der Waals surface area contributed by atoms with Crippen LogP contribution in [-0.4, -0.2) is 15.9 Å². The van der Waals surface area contributed by atoms with E-state index < -0.39 is 0 Å². The summed E-state index contributed by atoms with van der Waals surface area (Å²) in [6.07, 6.45) is 6.44. The van der Waals surface area contributed by atoms with Crippen molar-refractivity contribution >= 4 is 28.8 Å². The highest BCUT2D eigenvalue weighted by Gasteiger charge is 2.05. The first-order chi connectivity index (χ1) is 8.27. The van der Waals surface area contributed by atoms with Gasteiger partial charge in [-0.2, -0.15) is 0 Å². The van der Waals surface area contributed by atoms with E-state index in [-0.39, 0.29) is 28.5 Å². The highest BCUT2D eigenvalue weighted by atomic mass is 79.9. The Bertz CT molecular complexity index is 553. The molecule has 1 aromatic heterocycles. The molecule has 18 heavy (non-hydrogen) atoms. The van der Waals surface area contributed by atoms with Crippen LogP contribution in [0.5, 0.6) is 5.75 Å². The Morgan fingerprint density at radius 2 is 1.78 bits per heavy atom. The Balaban J connectivity index is 0.00000162. The molecule has 0 saturated heterocycles. The van der Waals surface area contributed by atoms with Gasteiger partial charge in [0.2, 0.25) is 0 Å². The molecule has 0 aliphatic heterocycles. The molecule has 92 valence electrons. The Kier molecular flexibility index (Phi) is 5.27. The second-order valence-corrected chi connectivity index (χ2v) is 3.50. The zero-order valence-corrected chi connectivity index (χ0v) is 11.2. The Hall–Kier alpha value is -1.94. The van der Waals surface area contributed by atoms with Gasteiger partial charge < -0.3 is 5.11 Å². The third-order valence-corrected chi connectivity index (χ3v) is 2.30. The number of para-hydroxylation sites is 1. The van der Waals surface area contributed by atoms with Crippen molar-refractivity contribution in [1.82, 2.24) is 4.98 Å². The van der Waals surface area contributed by atoms with E-state index in [2.05, 4.69) is 4.98 Å². The molecule has 2 aromatic rings. The fourth-order valence-corrected chi connectivity index (χ4v) is 1.42. The molecule has 0 unspecified atom stereocenters. The number of nitrogens with zero attached hydrogens (tertiary/aromatic N) is 1. The molecule has 0 radical (unpaired) electrons. The van der Waals surface area contributed by atoms with Gasteiger partial charge in [-0.1, -0.05) is 18.2 Å². The number of allylic oxidation sites excluding steroid dienone is 1. The minimum Gasteiger partial charge on any atom is -0.507 e. The van der Waals surface area contributed by atoms with Crippen LogP contribution in [0.2, 0.25) is 0 Å². The molecule has 1 heterocycles. The lowest BCUT2D eigenvalue weighted by atomic mass is 10.1. The molecule has 0 aliphatic rings. The minimum absolute atomic E-state index is 0. The number of hydrogen-bond donors (Lipinski definition) is 1. The van der Waals surface area contributed by atoms with Crippen molar-refractivity contribution in [3.05, 3.63) is 66.0 Å². The summed E-state index contributed by atoms with van der Waals surface area (Å²) in [5, 5.41) is 9.51. The SMILES string of the molecule is Br.O=C(/C=C/c1ccncc1)c1ccccc1O. The number of hydrogen-bond acceptors (Lipinski definition) is 3. The lowest BCUT2D eigenvalue weighted by Crippen LogP contribution is -1.94. The fraction of sp³-hybridized carbons (Fsp3) is 0. The molecule has 3 nitrogen and oxygen atoms in total. The monoisotopic (exact) mass is 305 g/mol. The van der Waals surface area contributed by atoms with Crippen molar-refractivity contribution in [2.75, 3.05) is 0 Å².